The second-order valence-electron chi connectivity index (χ2n) is 3.44. The van der Waals surface area contributed by atoms with E-state index in [0.29, 0.717) is 12.2 Å². The van der Waals surface area contributed by atoms with Crippen LogP contribution in [0.2, 0.25) is 0 Å². The molecule has 16 heavy (non-hydrogen) atoms. The lowest BCUT2D eigenvalue weighted by Gasteiger charge is -2.12. The first-order valence-corrected chi connectivity index (χ1v) is 5.74. The maximum Gasteiger partial charge on any atom is 0.268 e. The lowest BCUT2D eigenvalue weighted by atomic mass is 10.3. The molecule has 92 valence electrons. The van der Waals surface area contributed by atoms with Gasteiger partial charge < -0.3 is 15.6 Å². The largest absolute Gasteiger partial charge is 0.347 e. The minimum Gasteiger partial charge on any atom is -0.347 e. The van der Waals surface area contributed by atoms with Gasteiger partial charge in [0, 0.05) is 29.8 Å². The first-order chi connectivity index (χ1) is 7.08. The Morgan fingerprint density at radius 1 is 1.69 bits per heavy atom. The van der Waals surface area contributed by atoms with E-state index >= 15 is 0 Å². The van der Waals surface area contributed by atoms with Crippen molar-refractivity contribution < 1.29 is 4.79 Å². The monoisotopic (exact) mass is 309 g/mol. The van der Waals surface area contributed by atoms with Crippen LogP contribution in [-0.4, -0.2) is 23.1 Å². The van der Waals surface area contributed by atoms with Crippen molar-refractivity contribution in [2.75, 3.05) is 6.54 Å². The van der Waals surface area contributed by atoms with Crippen molar-refractivity contribution in [2.24, 2.45) is 5.73 Å². The molecule has 0 aromatic carbocycles. The second kappa shape index (κ2) is 6.93. The fourth-order valence-electron chi connectivity index (χ4n) is 1.28. The van der Waals surface area contributed by atoms with Crippen molar-refractivity contribution in [2.45, 2.75) is 26.4 Å². The second-order valence-corrected chi connectivity index (χ2v) is 4.36. The molecule has 0 fully saturated rings. The van der Waals surface area contributed by atoms with E-state index in [0.717, 1.165) is 11.0 Å². The number of rotatable bonds is 4. The molecule has 4 nitrogen and oxygen atoms in total. The van der Waals surface area contributed by atoms with Gasteiger partial charge in [0.2, 0.25) is 0 Å². The third-order valence-corrected chi connectivity index (χ3v) is 2.60. The van der Waals surface area contributed by atoms with Crippen LogP contribution in [0.3, 0.4) is 0 Å². The van der Waals surface area contributed by atoms with Gasteiger partial charge in [0.25, 0.3) is 5.91 Å². The molecule has 0 aliphatic carbocycles. The van der Waals surface area contributed by atoms with E-state index in [1.165, 1.54) is 0 Å². The highest BCUT2D eigenvalue weighted by atomic mass is 79.9. The fourth-order valence-corrected chi connectivity index (χ4v) is 1.75. The van der Waals surface area contributed by atoms with Gasteiger partial charge in [0.05, 0.1) is 0 Å². The number of nitrogens with zero attached hydrogens (tertiary/aromatic N) is 1. The predicted octanol–water partition coefficient (Wildman–Crippen LogP) is 1.77. The number of nitrogens with two attached hydrogens (primary N) is 1. The normalized spacial score (nSPS) is 11.8. The van der Waals surface area contributed by atoms with Crippen molar-refractivity contribution in [3.63, 3.8) is 0 Å². The quantitative estimate of drug-likeness (QED) is 0.890. The Morgan fingerprint density at radius 3 is 2.81 bits per heavy atom. The van der Waals surface area contributed by atoms with E-state index in [-0.39, 0.29) is 24.4 Å². The summed E-state index contributed by atoms with van der Waals surface area (Å²) in [4.78, 5) is 11.8. The molecule has 1 aromatic rings. The average molecular weight is 311 g/mol. The summed E-state index contributed by atoms with van der Waals surface area (Å²) < 4.78 is 2.80. The van der Waals surface area contributed by atoms with Gasteiger partial charge in [-0.25, -0.2) is 0 Å². The highest BCUT2D eigenvalue weighted by Crippen LogP contribution is 2.14. The number of halogens is 2. The molecule has 1 amide bonds. The summed E-state index contributed by atoms with van der Waals surface area (Å²) in [5.41, 5.74) is 6.10. The topological polar surface area (TPSA) is 60.0 Å². The van der Waals surface area contributed by atoms with E-state index in [2.05, 4.69) is 21.2 Å². The van der Waals surface area contributed by atoms with Gasteiger partial charge in [-0.1, -0.05) is 0 Å². The molecule has 1 aromatic heterocycles. The lowest BCUT2D eigenvalue weighted by Crippen LogP contribution is -2.38. The number of aryl methyl sites for hydroxylation is 1. The Bertz CT molecular complexity index is 354. The van der Waals surface area contributed by atoms with Crippen LogP contribution in [0, 0.1) is 0 Å². The predicted molar refractivity (Wildman–Crippen MR) is 71.0 cm³/mol. The zero-order chi connectivity index (χ0) is 11.4. The summed E-state index contributed by atoms with van der Waals surface area (Å²) in [5.74, 6) is -0.0829. The highest BCUT2D eigenvalue weighted by Gasteiger charge is 2.13. The standard InChI is InChI=1S/C10H16BrN3O.ClH/c1-3-14-6-8(11)4-9(14)10(15)13-7(2)5-12;/h4,6-7H,3,5,12H2,1-2H3,(H,13,15);1H/t7-;/m0./s1. The van der Waals surface area contributed by atoms with E-state index in [1.807, 2.05) is 30.7 Å². The summed E-state index contributed by atoms with van der Waals surface area (Å²) in [6.45, 7) is 5.09. The third kappa shape index (κ3) is 3.81. The Kier molecular flexibility index (Phi) is 6.71. The maximum absolute atomic E-state index is 11.8. The molecule has 0 unspecified atom stereocenters. The average Bonchev–Trinajstić information content (AvgIpc) is 2.59. The molecular formula is C10H17BrClN3O. The number of hydrogen-bond acceptors (Lipinski definition) is 2. The first-order valence-electron chi connectivity index (χ1n) is 4.95. The molecule has 0 spiro atoms. The third-order valence-electron chi connectivity index (χ3n) is 2.17. The Hall–Kier alpha value is -0.520. The Labute approximate surface area is 110 Å². The molecule has 0 saturated heterocycles. The summed E-state index contributed by atoms with van der Waals surface area (Å²) in [6, 6.07) is 1.80. The number of hydrogen-bond donors (Lipinski definition) is 2. The van der Waals surface area contributed by atoms with Crippen LogP contribution in [-0.2, 0) is 6.54 Å². The van der Waals surface area contributed by atoms with Gasteiger partial charge in [0.15, 0.2) is 0 Å². The van der Waals surface area contributed by atoms with Crippen molar-refractivity contribution >= 4 is 34.2 Å². The Morgan fingerprint density at radius 2 is 2.31 bits per heavy atom. The van der Waals surface area contributed by atoms with Crippen LogP contribution in [0.15, 0.2) is 16.7 Å². The fraction of sp³-hybridized carbons (Fsp3) is 0.500. The molecule has 1 rings (SSSR count). The molecule has 0 aliphatic heterocycles. The van der Waals surface area contributed by atoms with Gasteiger partial charge >= 0.3 is 0 Å². The first kappa shape index (κ1) is 15.5. The van der Waals surface area contributed by atoms with Crippen LogP contribution in [0.4, 0.5) is 0 Å². The summed E-state index contributed by atoms with van der Waals surface area (Å²) in [6.07, 6.45) is 1.89. The number of amides is 1. The van der Waals surface area contributed by atoms with E-state index in [4.69, 9.17) is 5.73 Å². The molecule has 1 atom stereocenters. The van der Waals surface area contributed by atoms with Gasteiger partial charge in [-0.05, 0) is 35.8 Å². The van der Waals surface area contributed by atoms with E-state index in [9.17, 15) is 4.79 Å². The zero-order valence-corrected chi connectivity index (χ0v) is 11.8. The minimum absolute atomic E-state index is 0. The number of carbonyl (C=O) groups is 1. The van der Waals surface area contributed by atoms with Gasteiger partial charge in [-0.2, -0.15) is 0 Å². The smallest absolute Gasteiger partial charge is 0.268 e. The van der Waals surface area contributed by atoms with Gasteiger partial charge in [-0.3, -0.25) is 4.79 Å². The zero-order valence-electron chi connectivity index (χ0n) is 9.37. The van der Waals surface area contributed by atoms with Crippen molar-refractivity contribution in [3.8, 4) is 0 Å². The number of aromatic nitrogens is 1. The molecule has 0 aliphatic rings. The number of carbonyl (C=O) groups excluding carboxylic acids is 1. The molecule has 0 radical (unpaired) electrons. The molecule has 1 heterocycles. The molecule has 6 heteroatoms. The van der Waals surface area contributed by atoms with Crippen LogP contribution >= 0.6 is 28.3 Å². The summed E-state index contributed by atoms with van der Waals surface area (Å²) >= 11 is 3.35. The van der Waals surface area contributed by atoms with Crippen LogP contribution < -0.4 is 11.1 Å². The molecule has 0 saturated carbocycles. The highest BCUT2D eigenvalue weighted by molar-refractivity contribution is 9.10. The minimum atomic E-state index is -0.0829. The summed E-state index contributed by atoms with van der Waals surface area (Å²) in [7, 11) is 0. The lowest BCUT2D eigenvalue weighted by molar-refractivity contribution is 0.0932. The molecule has 0 bridgehead atoms. The van der Waals surface area contributed by atoms with E-state index in [1.54, 1.807) is 0 Å². The summed E-state index contributed by atoms with van der Waals surface area (Å²) in [5, 5.41) is 2.83. The Balaban J connectivity index is 0.00000225. The van der Waals surface area contributed by atoms with E-state index < -0.39 is 0 Å². The van der Waals surface area contributed by atoms with Crippen molar-refractivity contribution in [1.29, 1.82) is 0 Å². The van der Waals surface area contributed by atoms with Gasteiger partial charge in [-0.15, -0.1) is 12.4 Å². The molecular weight excluding hydrogens is 293 g/mol. The van der Waals surface area contributed by atoms with Crippen LogP contribution in [0.25, 0.3) is 0 Å². The van der Waals surface area contributed by atoms with Crippen LogP contribution in [0.1, 0.15) is 24.3 Å². The number of nitrogens with one attached hydrogen (secondary N) is 1. The molecule has 3 N–H and O–H groups in total. The maximum atomic E-state index is 11.8. The SMILES string of the molecule is CCn1cc(Br)cc1C(=O)N[C@@H](C)CN.Cl. The van der Waals surface area contributed by atoms with Gasteiger partial charge in [0.1, 0.15) is 5.69 Å². The van der Waals surface area contributed by atoms with Crippen molar-refractivity contribution in [3.05, 3.63) is 22.4 Å². The van der Waals surface area contributed by atoms with Crippen molar-refractivity contribution in [1.82, 2.24) is 9.88 Å². The van der Waals surface area contributed by atoms with Crippen LogP contribution in [0.5, 0.6) is 0 Å².